The normalized spacial score (nSPS) is 14.8. The van der Waals surface area contributed by atoms with Crippen LogP contribution in [0.2, 0.25) is 36.3 Å². The summed E-state index contributed by atoms with van der Waals surface area (Å²) in [4.78, 5) is 0. The van der Waals surface area contributed by atoms with Gasteiger partial charge in [0.1, 0.15) is 0 Å². The zero-order valence-corrected chi connectivity index (χ0v) is 18.3. The summed E-state index contributed by atoms with van der Waals surface area (Å²) in [5.41, 5.74) is -1.36. The average Bonchev–Trinajstić information content (AvgIpc) is 2.31. The Kier molecular flexibility index (Phi) is 6.74. The van der Waals surface area contributed by atoms with Gasteiger partial charge in [0.2, 0.25) is 0 Å². The van der Waals surface area contributed by atoms with E-state index in [1.807, 2.05) is 0 Å². The van der Waals surface area contributed by atoms with Gasteiger partial charge in [-0.2, -0.15) is 0 Å². The summed E-state index contributed by atoms with van der Waals surface area (Å²) in [5.74, 6) is 2.48. The molecule has 22 heavy (non-hydrogen) atoms. The van der Waals surface area contributed by atoms with Crippen molar-refractivity contribution in [2.24, 2.45) is 0 Å². The average molecular weight is 345 g/mol. The Morgan fingerprint density at radius 2 is 1.09 bits per heavy atom. The number of terminal acetylenes is 1. The molecule has 0 rings (SSSR count). The van der Waals surface area contributed by atoms with E-state index in [-0.39, 0.29) is 23.3 Å². The molecular formula is C17H36O3Si2. The van der Waals surface area contributed by atoms with Gasteiger partial charge in [0, 0.05) is 0 Å². The van der Waals surface area contributed by atoms with Gasteiger partial charge < -0.3 is 14.0 Å². The maximum Gasteiger partial charge on any atom is 0.192 e. The SMILES string of the molecule is C#CC(O)(CO[Si](C)(C)C(C)(C)C)CO[Si](C)(C)C(C)(C)C. The quantitative estimate of drug-likeness (QED) is 0.573. The number of hydrogen-bond acceptors (Lipinski definition) is 3. The zero-order valence-electron chi connectivity index (χ0n) is 16.3. The first kappa shape index (κ1) is 21.9. The first-order valence-corrected chi connectivity index (χ1v) is 13.8. The Morgan fingerprint density at radius 3 is 1.27 bits per heavy atom. The molecule has 0 aromatic carbocycles. The highest BCUT2D eigenvalue weighted by atomic mass is 28.4. The molecule has 0 saturated carbocycles. The number of hydrogen-bond donors (Lipinski definition) is 1. The van der Waals surface area contributed by atoms with Crippen LogP contribution in [0.15, 0.2) is 0 Å². The van der Waals surface area contributed by atoms with Gasteiger partial charge in [0.15, 0.2) is 22.2 Å². The van der Waals surface area contributed by atoms with Crippen molar-refractivity contribution in [3.05, 3.63) is 0 Å². The molecule has 1 N–H and O–H groups in total. The smallest absolute Gasteiger partial charge is 0.192 e. The molecule has 0 radical (unpaired) electrons. The molecule has 0 saturated heterocycles. The lowest BCUT2D eigenvalue weighted by molar-refractivity contribution is -0.00124. The van der Waals surface area contributed by atoms with Crippen molar-refractivity contribution in [2.45, 2.75) is 83.4 Å². The predicted octanol–water partition coefficient (Wildman–Crippen LogP) is 4.39. The van der Waals surface area contributed by atoms with Crippen molar-refractivity contribution in [2.75, 3.05) is 13.2 Å². The standard InChI is InChI=1S/C17H36O3Si2/c1-12-17(18,13-19-21(8,9)15(2,3)4)14-20-22(10,11)16(5,6)7/h1,18H,13-14H2,2-11H3. The monoisotopic (exact) mass is 344 g/mol. The van der Waals surface area contributed by atoms with Gasteiger partial charge in [-0.05, 0) is 36.3 Å². The van der Waals surface area contributed by atoms with Crippen LogP contribution in [-0.2, 0) is 8.85 Å². The minimum absolute atomic E-state index is 0.0861. The van der Waals surface area contributed by atoms with E-state index in [9.17, 15) is 5.11 Å². The summed E-state index contributed by atoms with van der Waals surface area (Å²) in [6.45, 7) is 21.9. The minimum Gasteiger partial charge on any atom is -0.413 e. The molecule has 0 aliphatic heterocycles. The van der Waals surface area contributed by atoms with Crippen molar-refractivity contribution in [3.8, 4) is 12.3 Å². The third-order valence-corrected chi connectivity index (χ3v) is 14.2. The van der Waals surface area contributed by atoms with Gasteiger partial charge in [-0.15, -0.1) is 6.42 Å². The molecule has 130 valence electrons. The van der Waals surface area contributed by atoms with Gasteiger partial charge in [-0.1, -0.05) is 47.5 Å². The first-order valence-electron chi connectivity index (χ1n) is 7.95. The summed E-state index contributed by atoms with van der Waals surface area (Å²) in [6.07, 6.45) is 5.55. The van der Waals surface area contributed by atoms with E-state index in [4.69, 9.17) is 15.3 Å². The van der Waals surface area contributed by atoms with Crippen LogP contribution in [0.25, 0.3) is 0 Å². The third-order valence-electron chi connectivity index (χ3n) is 5.22. The Hall–Kier alpha value is -0.126. The van der Waals surface area contributed by atoms with Crippen LogP contribution in [0.1, 0.15) is 41.5 Å². The highest BCUT2D eigenvalue weighted by molar-refractivity contribution is 6.74. The molecule has 0 amide bonds. The maximum absolute atomic E-state index is 10.6. The van der Waals surface area contributed by atoms with Crippen molar-refractivity contribution < 1.29 is 14.0 Å². The molecule has 0 aliphatic carbocycles. The summed E-state index contributed by atoms with van der Waals surface area (Å²) >= 11 is 0. The van der Waals surface area contributed by atoms with Crippen LogP contribution < -0.4 is 0 Å². The lowest BCUT2D eigenvalue weighted by atomic mass is 10.1. The van der Waals surface area contributed by atoms with Crippen LogP contribution in [0, 0.1) is 12.3 Å². The fourth-order valence-electron chi connectivity index (χ4n) is 1.16. The van der Waals surface area contributed by atoms with Crippen molar-refractivity contribution in [1.29, 1.82) is 0 Å². The molecule has 0 fully saturated rings. The van der Waals surface area contributed by atoms with Crippen molar-refractivity contribution in [3.63, 3.8) is 0 Å². The summed E-state index contributed by atoms with van der Waals surface area (Å²) in [6, 6.07) is 0. The predicted molar refractivity (Wildman–Crippen MR) is 100 cm³/mol. The molecule has 5 heteroatoms. The Balaban J connectivity index is 4.86. The Morgan fingerprint density at radius 1 is 0.818 bits per heavy atom. The van der Waals surface area contributed by atoms with E-state index < -0.39 is 22.2 Å². The van der Waals surface area contributed by atoms with Crippen molar-refractivity contribution in [1.82, 2.24) is 0 Å². The maximum atomic E-state index is 10.6. The molecule has 0 aliphatic rings. The molecule has 3 nitrogen and oxygen atoms in total. The number of aliphatic hydroxyl groups is 1. The van der Waals surface area contributed by atoms with Crippen LogP contribution >= 0.6 is 0 Å². The minimum atomic E-state index is -1.94. The second kappa shape index (κ2) is 6.78. The molecule has 0 aromatic rings. The largest absolute Gasteiger partial charge is 0.413 e. The summed E-state index contributed by atoms with van der Waals surface area (Å²) in [7, 11) is -3.88. The third kappa shape index (κ3) is 5.82. The second-order valence-corrected chi connectivity index (χ2v) is 18.9. The molecule has 0 unspecified atom stereocenters. The number of rotatable bonds is 6. The topological polar surface area (TPSA) is 38.7 Å². The zero-order chi connectivity index (χ0) is 18.0. The first-order chi connectivity index (χ1) is 9.47. The molecular weight excluding hydrogens is 308 g/mol. The van der Waals surface area contributed by atoms with Gasteiger partial charge in [0.05, 0.1) is 13.2 Å². The van der Waals surface area contributed by atoms with E-state index in [2.05, 4.69) is 73.7 Å². The highest BCUT2D eigenvalue weighted by Crippen LogP contribution is 2.38. The van der Waals surface area contributed by atoms with Gasteiger partial charge in [-0.25, -0.2) is 0 Å². The molecule has 0 spiro atoms. The second-order valence-electron chi connectivity index (χ2n) is 9.27. The summed E-state index contributed by atoms with van der Waals surface area (Å²) < 4.78 is 12.2. The van der Waals surface area contributed by atoms with E-state index in [1.54, 1.807) is 0 Å². The molecule has 0 atom stereocenters. The Labute approximate surface area is 140 Å². The van der Waals surface area contributed by atoms with Crippen LogP contribution in [0.4, 0.5) is 0 Å². The molecule has 0 aromatic heterocycles. The lowest BCUT2D eigenvalue weighted by Crippen LogP contribution is -2.50. The Bertz CT molecular complexity index is 379. The highest BCUT2D eigenvalue weighted by Gasteiger charge is 2.42. The van der Waals surface area contributed by atoms with E-state index in [0.717, 1.165) is 0 Å². The van der Waals surface area contributed by atoms with Crippen molar-refractivity contribution >= 4 is 16.6 Å². The van der Waals surface area contributed by atoms with Gasteiger partial charge in [0.25, 0.3) is 0 Å². The van der Waals surface area contributed by atoms with E-state index >= 15 is 0 Å². The molecule has 0 bridgehead atoms. The van der Waals surface area contributed by atoms with E-state index in [0.29, 0.717) is 0 Å². The van der Waals surface area contributed by atoms with Crippen LogP contribution in [-0.4, -0.2) is 40.6 Å². The van der Waals surface area contributed by atoms with E-state index in [1.165, 1.54) is 0 Å². The summed E-state index contributed by atoms with van der Waals surface area (Å²) in [5, 5.41) is 10.8. The van der Waals surface area contributed by atoms with Gasteiger partial charge in [-0.3, -0.25) is 0 Å². The lowest BCUT2D eigenvalue weighted by Gasteiger charge is -2.40. The van der Waals surface area contributed by atoms with Gasteiger partial charge >= 0.3 is 0 Å². The van der Waals surface area contributed by atoms with Crippen LogP contribution in [0.3, 0.4) is 0 Å². The molecule has 0 heterocycles. The van der Waals surface area contributed by atoms with Crippen LogP contribution in [0.5, 0.6) is 0 Å². The fourth-order valence-corrected chi connectivity index (χ4v) is 3.22. The fraction of sp³-hybridized carbons (Fsp3) is 0.882.